The molecular formula is C19H19N5O3. The molecule has 0 radical (unpaired) electrons. The number of benzene rings is 1. The summed E-state index contributed by atoms with van der Waals surface area (Å²) in [5.74, 6) is 0.956. The Morgan fingerprint density at radius 3 is 2.81 bits per heavy atom. The van der Waals surface area contributed by atoms with Crippen LogP contribution in [0.1, 0.15) is 10.5 Å². The normalized spacial score (nSPS) is 17.4. The SMILES string of the molecule is COc1nc(C(=O)N2CC3(COC3)C2)ccc1Nc1n[nH]c2ccccc12. The average molecular weight is 365 g/mol. The molecule has 8 nitrogen and oxygen atoms in total. The van der Waals surface area contributed by atoms with Crippen molar-refractivity contribution in [1.29, 1.82) is 0 Å². The zero-order chi connectivity index (χ0) is 18.4. The van der Waals surface area contributed by atoms with E-state index in [-0.39, 0.29) is 11.3 Å². The highest BCUT2D eigenvalue weighted by Gasteiger charge is 2.50. The average Bonchev–Trinajstić information content (AvgIpc) is 3.02. The number of H-pyrrole nitrogens is 1. The van der Waals surface area contributed by atoms with Gasteiger partial charge in [-0.2, -0.15) is 5.10 Å². The summed E-state index contributed by atoms with van der Waals surface area (Å²) in [4.78, 5) is 18.9. The number of ether oxygens (including phenoxy) is 2. The van der Waals surface area contributed by atoms with Crippen molar-refractivity contribution in [3.8, 4) is 5.88 Å². The van der Waals surface area contributed by atoms with Gasteiger partial charge >= 0.3 is 0 Å². The minimum Gasteiger partial charge on any atom is -0.479 e. The highest BCUT2D eigenvalue weighted by atomic mass is 16.5. The van der Waals surface area contributed by atoms with Gasteiger partial charge in [-0.25, -0.2) is 4.98 Å². The summed E-state index contributed by atoms with van der Waals surface area (Å²) in [5.41, 5.74) is 2.14. The standard InChI is InChI=1S/C19H19N5O3/c1-26-17-14(20-16-12-4-2-3-5-13(12)22-23-16)6-7-15(21-17)18(25)24-8-19(9-24)10-27-11-19/h2-7H,8-11H2,1H3,(H2,20,22,23). The number of hydrogen-bond acceptors (Lipinski definition) is 6. The Kier molecular flexibility index (Phi) is 3.54. The summed E-state index contributed by atoms with van der Waals surface area (Å²) < 4.78 is 10.7. The fourth-order valence-corrected chi connectivity index (χ4v) is 3.64. The van der Waals surface area contributed by atoms with Crippen molar-refractivity contribution < 1.29 is 14.3 Å². The molecule has 0 aliphatic carbocycles. The Morgan fingerprint density at radius 1 is 1.26 bits per heavy atom. The quantitative estimate of drug-likeness (QED) is 0.736. The van der Waals surface area contributed by atoms with Crippen LogP contribution in [0.3, 0.4) is 0 Å². The van der Waals surface area contributed by atoms with Crippen LogP contribution in [0.2, 0.25) is 0 Å². The van der Waals surface area contributed by atoms with Crippen molar-refractivity contribution in [3.05, 3.63) is 42.1 Å². The van der Waals surface area contributed by atoms with E-state index >= 15 is 0 Å². The van der Waals surface area contributed by atoms with E-state index in [0.29, 0.717) is 23.1 Å². The van der Waals surface area contributed by atoms with Crippen LogP contribution in [0, 0.1) is 5.41 Å². The maximum atomic E-state index is 12.7. The van der Waals surface area contributed by atoms with Crippen LogP contribution in [-0.2, 0) is 4.74 Å². The van der Waals surface area contributed by atoms with Gasteiger partial charge in [0.05, 0.1) is 31.3 Å². The first kappa shape index (κ1) is 16.1. The number of amides is 1. The predicted octanol–water partition coefficient (Wildman–Crippen LogP) is 2.18. The number of aromatic amines is 1. The van der Waals surface area contributed by atoms with Gasteiger partial charge in [-0.15, -0.1) is 0 Å². The molecule has 5 rings (SSSR count). The summed E-state index contributed by atoms with van der Waals surface area (Å²) >= 11 is 0. The molecule has 0 saturated carbocycles. The Hall–Kier alpha value is -3.13. The van der Waals surface area contributed by atoms with Crippen molar-refractivity contribution in [2.75, 3.05) is 38.7 Å². The van der Waals surface area contributed by atoms with Gasteiger partial charge in [0, 0.05) is 18.5 Å². The molecule has 4 heterocycles. The first-order valence-corrected chi connectivity index (χ1v) is 8.80. The summed E-state index contributed by atoms with van der Waals surface area (Å²) in [7, 11) is 1.54. The Morgan fingerprint density at radius 2 is 2.07 bits per heavy atom. The third-order valence-corrected chi connectivity index (χ3v) is 5.15. The highest BCUT2D eigenvalue weighted by Crippen LogP contribution is 2.38. The number of nitrogens with zero attached hydrogens (tertiary/aromatic N) is 3. The number of nitrogens with one attached hydrogen (secondary N) is 2. The molecule has 1 spiro atoms. The van der Waals surface area contributed by atoms with E-state index in [4.69, 9.17) is 9.47 Å². The Labute approximate surface area is 155 Å². The number of fused-ring (bicyclic) bond motifs is 1. The number of carbonyl (C=O) groups excluding carboxylic acids is 1. The number of carbonyl (C=O) groups is 1. The molecule has 0 unspecified atom stereocenters. The topological polar surface area (TPSA) is 92.4 Å². The van der Waals surface area contributed by atoms with Crippen LogP contribution >= 0.6 is 0 Å². The molecule has 27 heavy (non-hydrogen) atoms. The molecule has 0 bridgehead atoms. The Bertz CT molecular complexity index is 1020. The summed E-state index contributed by atoms with van der Waals surface area (Å²) in [5, 5.41) is 11.5. The van der Waals surface area contributed by atoms with Crippen molar-refractivity contribution in [1.82, 2.24) is 20.1 Å². The first-order valence-electron chi connectivity index (χ1n) is 8.80. The van der Waals surface area contributed by atoms with Crippen molar-refractivity contribution in [2.45, 2.75) is 0 Å². The third-order valence-electron chi connectivity index (χ3n) is 5.15. The number of pyridine rings is 1. The van der Waals surface area contributed by atoms with Gasteiger partial charge in [0.15, 0.2) is 5.82 Å². The molecule has 2 aliphatic rings. The monoisotopic (exact) mass is 365 g/mol. The summed E-state index contributed by atoms with van der Waals surface area (Å²) in [6, 6.07) is 11.3. The van der Waals surface area contributed by atoms with Gasteiger partial charge in [0.1, 0.15) is 11.4 Å². The maximum Gasteiger partial charge on any atom is 0.272 e. The third kappa shape index (κ3) is 2.60. The van der Waals surface area contributed by atoms with Crippen LogP contribution < -0.4 is 10.1 Å². The zero-order valence-corrected chi connectivity index (χ0v) is 14.9. The molecule has 0 atom stereocenters. The van der Waals surface area contributed by atoms with E-state index in [9.17, 15) is 4.79 Å². The van der Waals surface area contributed by atoms with E-state index in [0.717, 1.165) is 37.2 Å². The molecule has 2 saturated heterocycles. The smallest absolute Gasteiger partial charge is 0.272 e. The van der Waals surface area contributed by atoms with E-state index in [1.807, 2.05) is 24.3 Å². The molecule has 138 valence electrons. The van der Waals surface area contributed by atoms with Gasteiger partial charge in [0.25, 0.3) is 5.91 Å². The second-order valence-corrected chi connectivity index (χ2v) is 7.15. The van der Waals surface area contributed by atoms with E-state index < -0.39 is 0 Å². The fraction of sp³-hybridized carbons (Fsp3) is 0.316. The molecule has 2 N–H and O–H groups in total. The van der Waals surface area contributed by atoms with Crippen LogP contribution in [0.25, 0.3) is 10.9 Å². The number of rotatable bonds is 4. The lowest BCUT2D eigenvalue weighted by Crippen LogP contribution is -2.67. The van der Waals surface area contributed by atoms with Crippen molar-refractivity contribution in [2.24, 2.45) is 5.41 Å². The van der Waals surface area contributed by atoms with Crippen molar-refractivity contribution in [3.63, 3.8) is 0 Å². The molecule has 2 aliphatic heterocycles. The van der Waals surface area contributed by atoms with Gasteiger partial charge in [-0.05, 0) is 24.3 Å². The molecule has 2 fully saturated rings. The minimum atomic E-state index is -0.0809. The molecule has 1 amide bonds. The van der Waals surface area contributed by atoms with E-state index in [2.05, 4.69) is 20.5 Å². The lowest BCUT2D eigenvalue weighted by molar-refractivity contribution is -0.176. The molecule has 2 aromatic heterocycles. The minimum absolute atomic E-state index is 0.0809. The van der Waals surface area contributed by atoms with Crippen LogP contribution in [0.4, 0.5) is 11.5 Å². The largest absolute Gasteiger partial charge is 0.479 e. The number of methoxy groups -OCH3 is 1. The number of aromatic nitrogens is 3. The molecule has 8 heteroatoms. The van der Waals surface area contributed by atoms with Gasteiger partial charge in [0.2, 0.25) is 5.88 Å². The lowest BCUT2D eigenvalue weighted by Gasteiger charge is -2.54. The highest BCUT2D eigenvalue weighted by molar-refractivity contribution is 5.94. The number of anilines is 2. The van der Waals surface area contributed by atoms with E-state index in [1.54, 1.807) is 17.0 Å². The lowest BCUT2D eigenvalue weighted by atomic mass is 9.78. The van der Waals surface area contributed by atoms with Crippen molar-refractivity contribution >= 4 is 28.3 Å². The maximum absolute atomic E-state index is 12.7. The predicted molar refractivity (Wildman–Crippen MR) is 99.3 cm³/mol. The second-order valence-electron chi connectivity index (χ2n) is 7.15. The number of para-hydroxylation sites is 1. The molecular weight excluding hydrogens is 346 g/mol. The number of hydrogen-bond donors (Lipinski definition) is 2. The summed E-state index contributed by atoms with van der Waals surface area (Å²) in [6.45, 7) is 2.95. The summed E-state index contributed by atoms with van der Waals surface area (Å²) in [6.07, 6.45) is 0. The van der Waals surface area contributed by atoms with Gasteiger partial charge in [-0.1, -0.05) is 12.1 Å². The Balaban J connectivity index is 1.37. The molecule has 3 aromatic rings. The zero-order valence-electron chi connectivity index (χ0n) is 14.9. The molecule has 1 aromatic carbocycles. The fourth-order valence-electron chi connectivity index (χ4n) is 3.64. The van der Waals surface area contributed by atoms with Gasteiger partial charge < -0.3 is 19.7 Å². The second kappa shape index (κ2) is 5.95. The first-order chi connectivity index (χ1) is 13.2. The van der Waals surface area contributed by atoms with Crippen LogP contribution in [-0.4, -0.2) is 59.4 Å². The van der Waals surface area contributed by atoms with Gasteiger partial charge in [-0.3, -0.25) is 9.89 Å². The van der Waals surface area contributed by atoms with Crippen LogP contribution in [0.5, 0.6) is 5.88 Å². The van der Waals surface area contributed by atoms with E-state index in [1.165, 1.54) is 7.11 Å². The van der Waals surface area contributed by atoms with Crippen LogP contribution in [0.15, 0.2) is 36.4 Å². The number of likely N-dealkylation sites (tertiary alicyclic amines) is 1.